The molecule has 0 bridgehead atoms. The lowest BCUT2D eigenvalue weighted by Crippen LogP contribution is -2.33. The van der Waals surface area contributed by atoms with Crippen LogP contribution in [0.15, 0.2) is 17.2 Å². The summed E-state index contributed by atoms with van der Waals surface area (Å²) < 4.78 is 26.1. The molecule has 7 heteroatoms. The van der Waals surface area contributed by atoms with Gasteiger partial charge >= 0.3 is 5.97 Å². The standard InChI is InChI=1S/C9H12N2O4S/c1-9(2-3-9)11-16(14,15)6-4-7(8(12)13)10-5-6/h4-5,10-11H,2-3H2,1H3,(H,12,13). The summed E-state index contributed by atoms with van der Waals surface area (Å²) in [7, 11) is -3.61. The number of carboxylic acid groups (broad SMARTS) is 1. The molecule has 2 rings (SSSR count). The number of rotatable bonds is 4. The van der Waals surface area contributed by atoms with Gasteiger partial charge in [0.1, 0.15) is 10.6 Å². The van der Waals surface area contributed by atoms with Gasteiger partial charge in [0, 0.05) is 11.7 Å². The Morgan fingerprint density at radius 2 is 2.19 bits per heavy atom. The normalized spacial score (nSPS) is 18.3. The highest BCUT2D eigenvalue weighted by Gasteiger charge is 2.41. The second-order valence-electron chi connectivity index (χ2n) is 4.22. The molecule has 0 unspecified atom stereocenters. The minimum Gasteiger partial charge on any atom is -0.477 e. The Balaban J connectivity index is 2.25. The van der Waals surface area contributed by atoms with E-state index < -0.39 is 16.0 Å². The third kappa shape index (κ3) is 2.10. The number of carboxylic acids is 1. The third-order valence-electron chi connectivity index (χ3n) is 2.58. The SMILES string of the molecule is CC1(NS(=O)(=O)c2c[nH]c(C(=O)O)c2)CC1. The van der Waals surface area contributed by atoms with Crippen molar-refractivity contribution in [2.45, 2.75) is 30.2 Å². The molecule has 0 aliphatic heterocycles. The first-order valence-electron chi connectivity index (χ1n) is 4.78. The summed E-state index contributed by atoms with van der Waals surface area (Å²) in [5.74, 6) is -1.18. The topological polar surface area (TPSA) is 99.3 Å². The third-order valence-corrected chi connectivity index (χ3v) is 4.20. The zero-order valence-corrected chi connectivity index (χ0v) is 9.47. The number of hydrogen-bond acceptors (Lipinski definition) is 3. The van der Waals surface area contributed by atoms with E-state index >= 15 is 0 Å². The van der Waals surface area contributed by atoms with E-state index in [0.717, 1.165) is 18.9 Å². The number of H-pyrrole nitrogens is 1. The van der Waals surface area contributed by atoms with E-state index in [1.165, 1.54) is 6.20 Å². The van der Waals surface area contributed by atoms with E-state index in [4.69, 9.17) is 5.11 Å². The minimum absolute atomic E-state index is 0.0435. The van der Waals surface area contributed by atoms with Crippen molar-refractivity contribution in [1.82, 2.24) is 9.71 Å². The van der Waals surface area contributed by atoms with Gasteiger partial charge in [0.25, 0.3) is 0 Å². The van der Waals surface area contributed by atoms with Crippen LogP contribution in [0, 0.1) is 0 Å². The first-order valence-corrected chi connectivity index (χ1v) is 6.26. The Kier molecular flexibility index (Phi) is 2.32. The monoisotopic (exact) mass is 244 g/mol. The van der Waals surface area contributed by atoms with Crippen molar-refractivity contribution >= 4 is 16.0 Å². The van der Waals surface area contributed by atoms with Crippen LogP contribution in [0.4, 0.5) is 0 Å². The first kappa shape index (κ1) is 11.2. The molecule has 1 heterocycles. The van der Waals surface area contributed by atoms with E-state index in [1.807, 2.05) is 6.92 Å². The van der Waals surface area contributed by atoms with E-state index in [9.17, 15) is 13.2 Å². The van der Waals surface area contributed by atoms with E-state index in [1.54, 1.807) is 0 Å². The van der Waals surface area contributed by atoms with Crippen molar-refractivity contribution in [2.75, 3.05) is 0 Å². The molecule has 0 aromatic carbocycles. The van der Waals surface area contributed by atoms with Crippen LogP contribution in [-0.2, 0) is 10.0 Å². The number of hydrogen-bond donors (Lipinski definition) is 3. The minimum atomic E-state index is -3.61. The molecule has 1 aromatic heterocycles. The Bertz CT molecular complexity index is 527. The highest BCUT2D eigenvalue weighted by atomic mass is 32.2. The van der Waals surface area contributed by atoms with Crippen molar-refractivity contribution in [3.8, 4) is 0 Å². The van der Waals surface area contributed by atoms with Gasteiger partial charge in [-0.25, -0.2) is 17.9 Å². The number of aromatic amines is 1. The lowest BCUT2D eigenvalue weighted by molar-refractivity contribution is 0.0691. The molecular formula is C9H12N2O4S. The highest BCUT2D eigenvalue weighted by molar-refractivity contribution is 7.89. The molecule has 0 amide bonds. The second-order valence-corrected chi connectivity index (χ2v) is 5.90. The van der Waals surface area contributed by atoms with Gasteiger partial charge in [0.2, 0.25) is 10.0 Å². The molecule has 0 spiro atoms. The van der Waals surface area contributed by atoms with Gasteiger partial charge in [0.15, 0.2) is 0 Å². The molecule has 1 fully saturated rings. The molecule has 1 saturated carbocycles. The molecule has 1 aliphatic carbocycles. The van der Waals surface area contributed by atoms with Crippen LogP contribution in [0.3, 0.4) is 0 Å². The van der Waals surface area contributed by atoms with Crippen LogP contribution in [0.1, 0.15) is 30.3 Å². The summed E-state index contributed by atoms with van der Waals surface area (Å²) >= 11 is 0. The molecule has 0 atom stereocenters. The summed E-state index contributed by atoms with van der Waals surface area (Å²) in [4.78, 5) is 12.9. The van der Waals surface area contributed by atoms with Crippen LogP contribution in [0.2, 0.25) is 0 Å². The van der Waals surface area contributed by atoms with Crippen LogP contribution >= 0.6 is 0 Å². The summed E-state index contributed by atoms with van der Waals surface area (Å²) in [6.07, 6.45) is 2.79. The number of aromatic carboxylic acids is 1. The van der Waals surface area contributed by atoms with Crippen LogP contribution in [-0.4, -0.2) is 30.0 Å². The van der Waals surface area contributed by atoms with Gasteiger partial charge in [-0.15, -0.1) is 0 Å². The summed E-state index contributed by atoms with van der Waals surface area (Å²) in [6.45, 7) is 1.81. The Morgan fingerprint density at radius 1 is 1.56 bits per heavy atom. The Labute approximate surface area is 92.7 Å². The van der Waals surface area contributed by atoms with Gasteiger partial charge < -0.3 is 10.1 Å². The maximum Gasteiger partial charge on any atom is 0.352 e. The lowest BCUT2D eigenvalue weighted by Gasteiger charge is -2.10. The van der Waals surface area contributed by atoms with Crippen molar-refractivity contribution in [3.63, 3.8) is 0 Å². The second kappa shape index (κ2) is 3.33. The maximum atomic E-state index is 11.8. The molecule has 3 N–H and O–H groups in total. The van der Waals surface area contributed by atoms with Crippen LogP contribution < -0.4 is 4.72 Å². The largest absolute Gasteiger partial charge is 0.477 e. The fourth-order valence-electron chi connectivity index (χ4n) is 1.33. The van der Waals surface area contributed by atoms with Gasteiger partial charge in [-0.2, -0.15) is 0 Å². The number of carbonyl (C=O) groups is 1. The molecular weight excluding hydrogens is 232 g/mol. The van der Waals surface area contributed by atoms with E-state index in [2.05, 4.69) is 9.71 Å². The van der Waals surface area contributed by atoms with Gasteiger partial charge in [0.05, 0.1) is 0 Å². The smallest absolute Gasteiger partial charge is 0.352 e. The number of aromatic nitrogens is 1. The van der Waals surface area contributed by atoms with Crippen molar-refractivity contribution in [1.29, 1.82) is 0 Å². The molecule has 16 heavy (non-hydrogen) atoms. The van der Waals surface area contributed by atoms with E-state index in [-0.39, 0.29) is 16.1 Å². The van der Waals surface area contributed by atoms with Crippen LogP contribution in [0.25, 0.3) is 0 Å². The molecule has 1 aromatic rings. The number of nitrogens with one attached hydrogen (secondary N) is 2. The summed E-state index contributed by atoms with van der Waals surface area (Å²) in [6, 6.07) is 1.11. The predicted molar refractivity (Wildman–Crippen MR) is 55.7 cm³/mol. The van der Waals surface area contributed by atoms with Crippen molar-refractivity contribution < 1.29 is 18.3 Å². The highest BCUT2D eigenvalue weighted by Crippen LogP contribution is 2.35. The molecule has 88 valence electrons. The van der Waals surface area contributed by atoms with E-state index in [0.29, 0.717) is 0 Å². The zero-order chi connectivity index (χ0) is 12.0. The molecule has 0 saturated heterocycles. The Morgan fingerprint density at radius 3 is 2.62 bits per heavy atom. The molecule has 1 aliphatic rings. The van der Waals surface area contributed by atoms with Gasteiger partial charge in [-0.05, 0) is 25.8 Å². The Hall–Kier alpha value is -1.34. The average Bonchev–Trinajstić information content (AvgIpc) is 2.69. The molecule has 6 nitrogen and oxygen atoms in total. The predicted octanol–water partition coefficient (Wildman–Crippen LogP) is 0.544. The molecule has 0 radical (unpaired) electrons. The zero-order valence-electron chi connectivity index (χ0n) is 8.65. The lowest BCUT2D eigenvalue weighted by atomic mass is 10.4. The average molecular weight is 244 g/mol. The summed E-state index contributed by atoms with van der Waals surface area (Å²) in [5.41, 5.74) is -0.499. The fourth-order valence-corrected chi connectivity index (χ4v) is 2.78. The fraction of sp³-hybridized carbons (Fsp3) is 0.444. The van der Waals surface area contributed by atoms with Gasteiger partial charge in [-0.3, -0.25) is 0 Å². The summed E-state index contributed by atoms with van der Waals surface area (Å²) in [5, 5.41) is 8.66. The van der Waals surface area contributed by atoms with Crippen molar-refractivity contribution in [3.05, 3.63) is 18.0 Å². The van der Waals surface area contributed by atoms with Crippen molar-refractivity contribution in [2.24, 2.45) is 0 Å². The van der Waals surface area contributed by atoms with Crippen LogP contribution in [0.5, 0.6) is 0 Å². The number of sulfonamides is 1. The van der Waals surface area contributed by atoms with Gasteiger partial charge in [-0.1, -0.05) is 0 Å². The maximum absolute atomic E-state index is 11.8. The quantitative estimate of drug-likeness (QED) is 0.719. The first-order chi connectivity index (χ1) is 7.32.